The van der Waals surface area contributed by atoms with Crippen molar-refractivity contribution in [1.82, 2.24) is 5.32 Å². The number of hydrogen-bond acceptors (Lipinski definition) is 5. The number of anilines is 2. The van der Waals surface area contributed by atoms with Crippen molar-refractivity contribution >= 4 is 17.2 Å². The van der Waals surface area contributed by atoms with Gasteiger partial charge in [-0.05, 0) is 18.2 Å². The molecule has 5 heteroatoms. The fourth-order valence-electron chi connectivity index (χ4n) is 2.24. The Morgan fingerprint density at radius 1 is 1.53 bits per heavy atom. The maximum Gasteiger partial charge on any atom is 0.173 e. The molecule has 0 saturated carbocycles. The van der Waals surface area contributed by atoms with Crippen LogP contribution in [0.1, 0.15) is 0 Å². The van der Waals surface area contributed by atoms with Gasteiger partial charge < -0.3 is 20.7 Å². The standard InChI is InChI=1S/C12H16N4O/c1-16-7-11(12-14-4-5-15-12)17-10-3-2-8(13)6-9(10)16/h2-3,6,11H,4-5,7,13H2,1H3,(H,14,15). The van der Waals surface area contributed by atoms with E-state index in [0.717, 1.165) is 42.6 Å². The molecule has 0 amide bonds. The number of fused-ring (bicyclic) bond motifs is 1. The van der Waals surface area contributed by atoms with Gasteiger partial charge in [0.1, 0.15) is 11.6 Å². The molecule has 3 rings (SSSR count). The highest BCUT2D eigenvalue weighted by atomic mass is 16.5. The van der Waals surface area contributed by atoms with E-state index < -0.39 is 0 Å². The van der Waals surface area contributed by atoms with Gasteiger partial charge in [-0.1, -0.05) is 0 Å². The van der Waals surface area contributed by atoms with Crippen molar-refractivity contribution in [3.63, 3.8) is 0 Å². The number of nitrogens with two attached hydrogens (primary N) is 1. The Labute approximate surface area is 100 Å². The molecule has 1 aromatic carbocycles. The lowest BCUT2D eigenvalue weighted by atomic mass is 10.1. The van der Waals surface area contributed by atoms with Crippen LogP contribution in [0.15, 0.2) is 23.2 Å². The zero-order chi connectivity index (χ0) is 11.8. The lowest BCUT2D eigenvalue weighted by Crippen LogP contribution is -2.46. The summed E-state index contributed by atoms with van der Waals surface area (Å²) in [5.74, 6) is 1.83. The highest BCUT2D eigenvalue weighted by Crippen LogP contribution is 2.34. The molecule has 1 unspecified atom stereocenters. The molecule has 90 valence electrons. The molecule has 2 heterocycles. The molecule has 3 N–H and O–H groups in total. The van der Waals surface area contributed by atoms with E-state index in [0.29, 0.717) is 0 Å². The Kier molecular flexibility index (Phi) is 2.31. The predicted molar refractivity (Wildman–Crippen MR) is 68.8 cm³/mol. The fourth-order valence-corrected chi connectivity index (χ4v) is 2.24. The monoisotopic (exact) mass is 232 g/mol. The minimum absolute atomic E-state index is 0.00127. The first-order valence-electron chi connectivity index (χ1n) is 5.79. The molecule has 2 aliphatic rings. The normalized spacial score (nSPS) is 22.5. The van der Waals surface area contributed by atoms with Gasteiger partial charge in [0.15, 0.2) is 6.10 Å². The van der Waals surface area contributed by atoms with Gasteiger partial charge in [0, 0.05) is 19.3 Å². The Morgan fingerprint density at radius 3 is 3.18 bits per heavy atom. The molecular formula is C12H16N4O. The van der Waals surface area contributed by atoms with E-state index in [1.807, 2.05) is 25.2 Å². The zero-order valence-electron chi connectivity index (χ0n) is 9.81. The van der Waals surface area contributed by atoms with Gasteiger partial charge in [-0.3, -0.25) is 4.99 Å². The minimum atomic E-state index is -0.00127. The number of nitrogens with one attached hydrogen (secondary N) is 1. The van der Waals surface area contributed by atoms with E-state index in [4.69, 9.17) is 10.5 Å². The number of rotatable bonds is 1. The second-order valence-corrected chi connectivity index (χ2v) is 4.41. The number of amidine groups is 1. The predicted octanol–water partition coefficient (Wildman–Crippen LogP) is 0.468. The number of nitrogens with zero attached hydrogens (tertiary/aromatic N) is 2. The van der Waals surface area contributed by atoms with Crippen molar-refractivity contribution in [2.75, 3.05) is 37.3 Å². The Hall–Kier alpha value is -1.91. The van der Waals surface area contributed by atoms with Crippen molar-refractivity contribution in [1.29, 1.82) is 0 Å². The Morgan fingerprint density at radius 2 is 2.41 bits per heavy atom. The van der Waals surface area contributed by atoms with E-state index in [2.05, 4.69) is 15.2 Å². The SMILES string of the molecule is CN1CC(C2=NCCN2)Oc2ccc(N)cc21. The van der Waals surface area contributed by atoms with E-state index in [1.54, 1.807) is 0 Å². The van der Waals surface area contributed by atoms with Gasteiger partial charge >= 0.3 is 0 Å². The number of benzene rings is 1. The van der Waals surface area contributed by atoms with Crippen molar-refractivity contribution in [3.05, 3.63) is 18.2 Å². The first kappa shape index (κ1) is 10.3. The number of ether oxygens (including phenoxy) is 1. The largest absolute Gasteiger partial charge is 0.478 e. The van der Waals surface area contributed by atoms with Gasteiger partial charge in [0.2, 0.25) is 0 Å². The second kappa shape index (κ2) is 3.84. The van der Waals surface area contributed by atoms with Crippen LogP contribution in [0.4, 0.5) is 11.4 Å². The van der Waals surface area contributed by atoms with Gasteiger partial charge in [0.25, 0.3) is 0 Å². The average Bonchev–Trinajstić information content (AvgIpc) is 2.83. The molecule has 5 nitrogen and oxygen atoms in total. The summed E-state index contributed by atoms with van der Waals surface area (Å²) in [6, 6.07) is 5.72. The molecule has 0 radical (unpaired) electrons. The maximum absolute atomic E-state index is 5.95. The maximum atomic E-state index is 5.95. The van der Waals surface area contributed by atoms with E-state index in [9.17, 15) is 0 Å². The Balaban J connectivity index is 1.90. The molecule has 0 saturated heterocycles. The van der Waals surface area contributed by atoms with E-state index >= 15 is 0 Å². The quantitative estimate of drug-likeness (QED) is 0.691. The minimum Gasteiger partial charge on any atom is -0.478 e. The van der Waals surface area contributed by atoms with Crippen LogP contribution in [0.2, 0.25) is 0 Å². The van der Waals surface area contributed by atoms with E-state index in [-0.39, 0.29) is 6.10 Å². The topological polar surface area (TPSA) is 62.9 Å². The lowest BCUT2D eigenvalue weighted by Gasteiger charge is -2.33. The average molecular weight is 232 g/mol. The molecule has 0 aromatic heterocycles. The van der Waals surface area contributed by atoms with Crippen molar-refractivity contribution < 1.29 is 4.74 Å². The molecular weight excluding hydrogens is 216 g/mol. The third kappa shape index (κ3) is 1.77. The van der Waals surface area contributed by atoms with Crippen LogP contribution in [0.5, 0.6) is 5.75 Å². The zero-order valence-corrected chi connectivity index (χ0v) is 9.81. The van der Waals surface area contributed by atoms with Crippen molar-refractivity contribution in [2.45, 2.75) is 6.10 Å². The van der Waals surface area contributed by atoms with Crippen LogP contribution < -0.4 is 20.7 Å². The summed E-state index contributed by atoms with van der Waals surface area (Å²) in [7, 11) is 2.04. The van der Waals surface area contributed by atoms with Gasteiger partial charge in [-0.2, -0.15) is 0 Å². The summed E-state index contributed by atoms with van der Waals surface area (Å²) in [5, 5.41) is 3.26. The molecule has 2 aliphatic heterocycles. The van der Waals surface area contributed by atoms with Crippen LogP contribution in [0, 0.1) is 0 Å². The summed E-state index contributed by atoms with van der Waals surface area (Å²) in [5.41, 5.74) is 7.58. The molecule has 0 bridgehead atoms. The Bertz CT molecular complexity index is 472. The van der Waals surface area contributed by atoms with Crippen LogP contribution in [0.3, 0.4) is 0 Å². The van der Waals surface area contributed by atoms with Gasteiger partial charge in [-0.25, -0.2) is 0 Å². The summed E-state index contributed by atoms with van der Waals surface area (Å²) < 4.78 is 5.95. The first-order chi connectivity index (χ1) is 8.24. The van der Waals surface area contributed by atoms with Gasteiger partial charge in [-0.15, -0.1) is 0 Å². The third-order valence-corrected chi connectivity index (χ3v) is 3.11. The first-order valence-corrected chi connectivity index (χ1v) is 5.79. The fraction of sp³-hybridized carbons (Fsp3) is 0.417. The number of hydrogen-bond donors (Lipinski definition) is 2. The van der Waals surface area contributed by atoms with Crippen molar-refractivity contribution in [2.24, 2.45) is 4.99 Å². The third-order valence-electron chi connectivity index (χ3n) is 3.11. The molecule has 0 fully saturated rings. The van der Waals surface area contributed by atoms with Crippen LogP contribution >= 0.6 is 0 Å². The lowest BCUT2D eigenvalue weighted by molar-refractivity contribution is 0.256. The molecule has 0 aliphatic carbocycles. The molecule has 1 aromatic rings. The highest BCUT2D eigenvalue weighted by molar-refractivity contribution is 5.89. The summed E-state index contributed by atoms with van der Waals surface area (Å²) >= 11 is 0. The molecule has 1 atom stereocenters. The summed E-state index contributed by atoms with van der Waals surface area (Å²) in [4.78, 5) is 6.57. The van der Waals surface area contributed by atoms with Gasteiger partial charge in [0.05, 0.1) is 18.8 Å². The molecule has 0 spiro atoms. The molecule has 17 heavy (non-hydrogen) atoms. The second-order valence-electron chi connectivity index (χ2n) is 4.41. The van der Waals surface area contributed by atoms with E-state index in [1.165, 1.54) is 0 Å². The number of aliphatic imine (C=N–C) groups is 1. The number of likely N-dealkylation sites (N-methyl/N-ethyl adjacent to an activating group) is 1. The smallest absolute Gasteiger partial charge is 0.173 e. The van der Waals surface area contributed by atoms with Crippen molar-refractivity contribution in [3.8, 4) is 5.75 Å². The number of nitrogen functional groups attached to an aromatic ring is 1. The summed E-state index contributed by atoms with van der Waals surface area (Å²) in [6.45, 7) is 2.54. The van der Waals surface area contributed by atoms with Crippen LogP contribution in [0.25, 0.3) is 0 Å². The highest BCUT2D eigenvalue weighted by Gasteiger charge is 2.28. The summed E-state index contributed by atoms with van der Waals surface area (Å²) in [6.07, 6.45) is -0.00127. The van der Waals surface area contributed by atoms with Crippen LogP contribution in [-0.4, -0.2) is 38.6 Å². The van der Waals surface area contributed by atoms with Crippen LogP contribution in [-0.2, 0) is 0 Å².